The second-order valence-electron chi connectivity index (χ2n) is 8.37. The average Bonchev–Trinajstić information content (AvgIpc) is 2.76. The topological polar surface area (TPSA) is 85.9 Å². The van der Waals surface area contributed by atoms with Crippen LogP contribution in [0.3, 0.4) is 0 Å². The number of nitrogens with zero attached hydrogens (tertiary/aromatic N) is 4. The van der Waals surface area contributed by atoms with Crippen molar-refractivity contribution in [1.29, 1.82) is 0 Å². The minimum atomic E-state index is 0.0929. The number of hydrogen-bond acceptors (Lipinski definition) is 4. The molecule has 1 fully saturated rings. The van der Waals surface area contributed by atoms with Gasteiger partial charge in [0.15, 0.2) is 5.96 Å². The van der Waals surface area contributed by atoms with Gasteiger partial charge in [0.25, 0.3) is 0 Å². The standard InChI is InChI=1S/C23H33N7/c1-29-13-15-30(16-14-29)12-4-5-18-8-10-20(11-9-18)26-22(24)28-23-25-17-19-6-2-3-7-21(19)27-23/h2-3,6-10,20H,4-5,11-17H2,1H3,(H4,24,25,26,27,28)/p+1. The zero-order valence-corrected chi connectivity index (χ0v) is 17.9. The van der Waals surface area contributed by atoms with E-state index in [0.717, 1.165) is 18.8 Å². The molecule has 1 aliphatic carbocycles. The number of fused-ring (bicyclic) bond motifs is 1. The number of piperazine rings is 1. The highest BCUT2D eigenvalue weighted by Crippen LogP contribution is 2.18. The number of hydrogen-bond donors (Lipinski definition) is 3. The van der Waals surface area contributed by atoms with E-state index in [9.17, 15) is 0 Å². The lowest BCUT2D eigenvalue weighted by molar-refractivity contribution is -0.450. The molecular formula is C23H34N7+. The summed E-state index contributed by atoms with van der Waals surface area (Å²) < 4.78 is 0. The first-order valence-corrected chi connectivity index (χ1v) is 11.0. The summed E-state index contributed by atoms with van der Waals surface area (Å²) in [6.45, 7) is 6.64. The minimum absolute atomic E-state index is 0.0929. The molecule has 0 bridgehead atoms. The van der Waals surface area contributed by atoms with E-state index in [1.807, 2.05) is 17.4 Å². The van der Waals surface area contributed by atoms with Gasteiger partial charge in [0.2, 0.25) is 0 Å². The fourth-order valence-electron chi connectivity index (χ4n) is 4.11. The molecule has 5 N–H and O–H groups in total. The first-order chi connectivity index (χ1) is 14.7. The molecular weight excluding hydrogens is 374 g/mol. The molecule has 0 radical (unpaired) electrons. The largest absolute Gasteiger partial charge is 0.370 e. The summed E-state index contributed by atoms with van der Waals surface area (Å²) in [5.74, 6) is 1.20. The lowest BCUT2D eigenvalue weighted by atomic mass is 10.00. The first-order valence-electron chi connectivity index (χ1n) is 11.0. The van der Waals surface area contributed by atoms with Gasteiger partial charge in [-0.2, -0.15) is 0 Å². The maximum atomic E-state index is 6.14. The molecule has 0 aromatic heterocycles. The first kappa shape index (κ1) is 20.8. The predicted octanol–water partition coefficient (Wildman–Crippen LogP) is 0.938. The highest BCUT2D eigenvalue weighted by atomic mass is 15.3. The molecule has 0 saturated carbocycles. The van der Waals surface area contributed by atoms with Crippen LogP contribution < -0.4 is 16.4 Å². The van der Waals surface area contributed by atoms with E-state index in [-0.39, 0.29) is 6.04 Å². The monoisotopic (exact) mass is 408 g/mol. The number of guanidine groups is 2. The number of aliphatic imine (C=N–C) groups is 2. The van der Waals surface area contributed by atoms with Crippen LogP contribution in [0, 0.1) is 0 Å². The van der Waals surface area contributed by atoms with E-state index in [1.54, 1.807) is 0 Å². The molecule has 4 rings (SSSR count). The van der Waals surface area contributed by atoms with Crippen LogP contribution >= 0.6 is 0 Å². The zero-order chi connectivity index (χ0) is 20.8. The van der Waals surface area contributed by atoms with Gasteiger partial charge >= 0.3 is 5.96 Å². The third-order valence-electron chi connectivity index (χ3n) is 6.02. The lowest BCUT2D eigenvalue weighted by Crippen LogP contribution is -2.87. The van der Waals surface area contributed by atoms with Gasteiger partial charge < -0.3 is 15.5 Å². The summed E-state index contributed by atoms with van der Waals surface area (Å²) in [5.41, 5.74) is 9.98. The number of nitrogens with one attached hydrogen (secondary N) is 1. The Morgan fingerprint density at radius 3 is 2.90 bits per heavy atom. The number of rotatable bonds is 5. The van der Waals surface area contributed by atoms with Gasteiger partial charge in [-0.05, 0) is 38.9 Å². The summed E-state index contributed by atoms with van der Waals surface area (Å²) >= 11 is 0. The van der Waals surface area contributed by atoms with Crippen molar-refractivity contribution >= 4 is 17.6 Å². The van der Waals surface area contributed by atoms with E-state index >= 15 is 0 Å². The molecule has 160 valence electrons. The molecule has 0 amide bonds. The molecule has 1 atom stereocenters. The van der Waals surface area contributed by atoms with E-state index in [0.29, 0.717) is 12.5 Å². The van der Waals surface area contributed by atoms with Crippen LogP contribution in [0.1, 0.15) is 24.8 Å². The van der Waals surface area contributed by atoms with Crippen molar-refractivity contribution in [2.75, 3.05) is 39.8 Å². The molecule has 0 spiro atoms. The molecule has 1 aromatic carbocycles. The second kappa shape index (κ2) is 10.0. The van der Waals surface area contributed by atoms with Gasteiger partial charge in [0.05, 0.1) is 12.6 Å². The highest BCUT2D eigenvalue weighted by molar-refractivity contribution is 5.94. The molecule has 7 nitrogen and oxygen atoms in total. The summed E-state index contributed by atoms with van der Waals surface area (Å²) in [5, 5.41) is 5.17. The van der Waals surface area contributed by atoms with Crippen molar-refractivity contribution in [3.8, 4) is 0 Å². The summed E-state index contributed by atoms with van der Waals surface area (Å²) in [4.78, 5) is 14.1. The van der Waals surface area contributed by atoms with Crippen LogP contribution in [-0.4, -0.2) is 67.5 Å². The Bertz CT molecular complexity index is 847. The molecule has 30 heavy (non-hydrogen) atoms. The maximum absolute atomic E-state index is 6.14. The van der Waals surface area contributed by atoms with E-state index in [2.05, 4.69) is 62.5 Å². The maximum Gasteiger partial charge on any atom is 0.306 e. The predicted molar refractivity (Wildman–Crippen MR) is 123 cm³/mol. The number of benzene rings is 1. The van der Waals surface area contributed by atoms with Crippen LogP contribution in [-0.2, 0) is 6.54 Å². The van der Waals surface area contributed by atoms with Gasteiger partial charge in [0.1, 0.15) is 5.69 Å². The third kappa shape index (κ3) is 5.78. The Morgan fingerprint density at radius 1 is 1.27 bits per heavy atom. The average molecular weight is 409 g/mol. The van der Waals surface area contributed by atoms with Crippen LogP contribution in [0.4, 0.5) is 5.69 Å². The summed E-state index contributed by atoms with van der Waals surface area (Å²) in [7, 11) is 2.20. The fraction of sp³-hybridized carbons (Fsp3) is 0.478. The fourth-order valence-corrected chi connectivity index (χ4v) is 4.11. The van der Waals surface area contributed by atoms with Crippen molar-refractivity contribution in [3.05, 3.63) is 53.6 Å². The summed E-state index contributed by atoms with van der Waals surface area (Å²) in [6.07, 6.45) is 9.96. The summed E-state index contributed by atoms with van der Waals surface area (Å²) in [6, 6.07) is 8.37. The van der Waals surface area contributed by atoms with Crippen LogP contribution in [0.25, 0.3) is 0 Å². The molecule has 1 aromatic rings. The van der Waals surface area contributed by atoms with Crippen LogP contribution in [0.15, 0.2) is 58.1 Å². The van der Waals surface area contributed by atoms with E-state index in [1.165, 1.54) is 56.0 Å². The Kier molecular flexibility index (Phi) is 6.94. The van der Waals surface area contributed by atoms with Crippen molar-refractivity contribution < 1.29 is 5.32 Å². The zero-order valence-electron chi connectivity index (χ0n) is 17.9. The van der Waals surface area contributed by atoms with Gasteiger partial charge in [-0.1, -0.05) is 42.0 Å². The highest BCUT2D eigenvalue weighted by Gasteiger charge is 2.17. The van der Waals surface area contributed by atoms with Gasteiger partial charge in [-0.15, -0.1) is 0 Å². The molecule has 2 aliphatic heterocycles. The minimum Gasteiger partial charge on any atom is -0.370 e. The second-order valence-corrected chi connectivity index (χ2v) is 8.37. The molecule has 2 heterocycles. The normalized spacial score (nSPS) is 23.0. The number of nitrogens with two attached hydrogens (primary N) is 2. The van der Waals surface area contributed by atoms with Gasteiger partial charge in [-0.3, -0.25) is 5.32 Å². The molecule has 7 heteroatoms. The molecule has 3 aliphatic rings. The van der Waals surface area contributed by atoms with E-state index in [4.69, 9.17) is 5.73 Å². The van der Waals surface area contributed by atoms with Crippen molar-refractivity contribution in [1.82, 2.24) is 15.1 Å². The quantitative estimate of drug-likeness (QED) is 0.385. The number of likely N-dealkylation sites (N-methyl/N-ethyl adjacent to an activating group) is 1. The van der Waals surface area contributed by atoms with E-state index < -0.39 is 0 Å². The SMILES string of the molecule is CN1CCN(CCCC2=CCC(N=C(N)NC3=NCc4ccccc4[NH2+]3)C=C2)CC1. The Hall–Kier alpha value is -2.48. The van der Waals surface area contributed by atoms with Crippen LogP contribution in [0.5, 0.6) is 0 Å². The Balaban J connectivity index is 1.19. The third-order valence-corrected chi connectivity index (χ3v) is 6.02. The van der Waals surface area contributed by atoms with Crippen LogP contribution in [0.2, 0.25) is 0 Å². The molecule has 1 unspecified atom stereocenters. The molecule has 1 saturated heterocycles. The Labute approximate surface area is 179 Å². The van der Waals surface area contributed by atoms with Crippen molar-refractivity contribution in [2.24, 2.45) is 15.7 Å². The number of quaternary nitrogens is 1. The Morgan fingerprint density at radius 2 is 2.10 bits per heavy atom. The van der Waals surface area contributed by atoms with Gasteiger partial charge in [0, 0.05) is 31.7 Å². The van der Waals surface area contributed by atoms with Gasteiger partial charge in [-0.25, -0.2) is 15.3 Å². The number of allylic oxidation sites excluding steroid dienone is 2. The number of para-hydroxylation sites is 1. The lowest BCUT2D eigenvalue weighted by Gasteiger charge is -2.32. The van der Waals surface area contributed by atoms with Crippen molar-refractivity contribution in [3.63, 3.8) is 0 Å². The van der Waals surface area contributed by atoms with Crippen molar-refractivity contribution in [2.45, 2.75) is 31.8 Å². The smallest absolute Gasteiger partial charge is 0.306 e.